The van der Waals surface area contributed by atoms with Crippen LogP contribution in [-0.2, 0) is 25.5 Å². The summed E-state index contributed by atoms with van der Waals surface area (Å²) in [4.78, 5) is 39.5. The van der Waals surface area contributed by atoms with Crippen molar-refractivity contribution in [2.75, 3.05) is 11.9 Å². The Morgan fingerprint density at radius 1 is 1.06 bits per heavy atom. The lowest BCUT2D eigenvalue weighted by molar-refractivity contribution is -0.150. The van der Waals surface area contributed by atoms with Gasteiger partial charge in [0.25, 0.3) is 5.91 Å². The molecule has 0 saturated carbocycles. The Balaban J connectivity index is 1.35. The van der Waals surface area contributed by atoms with E-state index in [0.717, 1.165) is 16.5 Å². The van der Waals surface area contributed by atoms with Gasteiger partial charge in [0.2, 0.25) is 11.8 Å². The van der Waals surface area contributed by atoms with Gasteiger partial charge in [-0.05, 0) is 23.8 Å². The maximum Gasteiger partial charge on any atom is 0.329 e. The minimum atomic E-state index is -0.956. The zero-order valence-corrected chi connectivity index (χ0v) is 17.7. The molecule has 0 radical (unpaired) electrons. The summed E-state index contributed by atoms with van der Waals surface area (Å²) in [6, 6.07) is 15.6. The van der Waals surface area contributed by atoms with E-state index in [1.807, 2.05) is 42.5 Å². The second kappa shape index (κ2) is 9.77. The molecule has 0 aliphatic carbocycles. The van der Waals surface area contributed by atoms with Crippen LogP contribution in [0.15, 0.2) is 65.2 Å². The Bertz CT molecular complexity index is 1280. The predicted octanol–water partition coefficient (Wildman–Crippen LogP) is 2.45. The molecular formula is C23H21N5O5. The van der Waals surface area contributed by atoms with E-state index in [4.69, 9.17) is 9.15 Å². The van der Waals surface area contributed by atoms with Crippen molar-refractivity contribution in [1.82, 2.24) is 20.5 Å². The highest BCUT2D eigenvalue weighted by molar-refractivity contribution is 5.92. The van der Waals surface area contributed by atoms with Crippen molar-refractivity contribution in [3.05, 3.63) is 66.4 Å². The number of hydrogen-bond acceptors (Lipinski definition) is 7. The van der Waals surface area contributed by atoms with Gasteiger partial charge in [0.1, 0.15) is 6.04 Å². The molecule has 1 atom stereocenters. The van der Waals surface area contributed by atoms with Gasteiger partial charge in [-0.2, -0.15) is 0 Å². The van der Waals surface area contributed by atoms with E-state index < -0.39 is 24.5 Å². The average molecular weight is 447 g/mol. The highest BCUT2D eigenvalue weighted by atomic mass is 16.5. The third-order valence-electron chi connectivity index (χ3n) is 4.80. The Morgan fingerprint density at radius 3 is 2.61 bits per heavy atom. The molecule has 0 aliphatic heterocycles. The van der Waals surface area contributed by atoms with E-state index >= 15 is 0 Å². The number of rotatable bonds is 8. The zero-order valence-electron chi connectivity index (χ0n) is 17.7. The lowest BCUT2D eigenvalue weighted by Crippen LogP contribution is -2.43. The molecule has 2 heterocycles. The molecule has 168 valence electrons. The van der Waals surface area contributed by atoms with E-state index in [1.54, 1.807) is 18.3 Å². The van der Waals surface area contributed by atoms with Gasteiger partial charge in [-0.15, -0.1) is 5.10 Å². The minimum absolute atomic E-state index is 0.118. The van der Waals surface area contributed by atoms with Crippen molar-refractivity contribution in [1.29, 1.82) is 0 Å². The highest BCUT2D eigenvalue weighted by Gasteiger charge is 2.24. The lowest BCUT2D eigenvalue weighted by atomic mass is 10.0. The van der Waals surface area contributed by atoms with Gasteiger partial charge in [-0.25, -0.2) is 4.79 Å². The molecule has 2 aromatic carbocycles. The quantitative estimate of drug-likeness (QED) is 0.353. The number of carbonyl (C=O) groups is 3. The fraction of sp³-hybridized carbons (Fsp3) is 0.174. The lowest BCUT2D eigenvalue weighted by Gasteiger charge is -2.16. The molecule has 0 aliphatic rings. The molecule has 2 amide bonds. The molecule has 0 spiro atoms. The molecule has 0 saturated heterocycles. The number of carbonyl (C=O) groups excluding carboxylic acids is 3. The number of para-hydroxylation sites is 1. The number of anilines is 1. The van der Waals surface area contributed by atoms with E-state index in [-0.39, 0.29) is 24.2 Å². The Hall–Kier alpha value is -4.47. The van der Waals surface area contributed by atoms with Crippen molar-refractivity contribution in [2.45, 2.75) is 19.4 Å². The third kappa shape index (κ3) is 5.42. The van der Waals surface area contributed by atoms with Crippen LogP contribution >= 0.6 is 0 Å². The SMILES string of the molecule is CC(=O)N[C@@H](Cc1c[nH]c2ccccc12)C(=O)OCC(=O)Nc1nnc(-c2ccccc2)o1. The van der Waals surface area contributed by atoms with Crippen molar-refractivity contribution < 1.29 is 23.5 Å². The number of H-pyrrole nitrogens is 1. The number of nitrogens with zero attached hydrogens (tertiary/aromatic N) is 2. The smallest absolute Gasteiger partial charge is 0.329 e. The van der Waals surface area contributed by atoms with Crippen LogP contribution in [0.25, 0.3) is 22.4 Å². The number of ether oxygens (including phenoxy) is 1. The number of benzene rings is 2. The first kappa shape index (κ1) is 21.8. The number of aromatic amines is 1. The predicted molar refractivity (Wildman–Crippen MR) is 119 cm³/mol. The van der Waals surface area contributed by atoms with Gasteiger partial charge >= 0.3 is 12.0 Å². The van der Waals surface area contributed by atoms with E-state index in [0.29, 0.717) is 5.56 Å². The number of aromatic nitrogens is 3. The molecule has 3 N–H and O–H groups in total. The Labute approximate surface area is 188 Å². The average Bonchev–Trinajstić information content (AvgIpc) is 3.45. The van der Waals surface area contributed by atoms with Crippen molar-refractivity contribution in [3.8, 4) is 11.5 Å². The number of hydrogen-bond donors (Lipinski definition) is 3. The van der Waals surface area contributed by atoms with Crippen LogP contribution in [0.2, 0.25) is 0 Å². The molecule has 10 nitrogen and oxygen atoms in total. The van der Waals surface area contributed by atoms with Crippen LogP contribution in [0.4, 0.5) is 6.01 Å². The summed E-state index contributed by atoms with van der Waals surface area (Å²) in [6.45, 7) is 0.730. The van der Waals surface area contributed by atoms with Crippen LogP contribution in [0, 0.1) is 0 Å². The topological polar surface area (TPSA) is 139 Å². The van der Waals surface area contributed by atoms with Gasteiger partial charge in [0.15, 0.2) is 6.61 Å². The number of fused-ring (bicyclic) bond motifs is 1. The summed E-state index contributed by atoms with van der Waals surface area (Å²) < 4.78 is 10.5. The van der Waals surface area contributed by atoms with E-state index in [1.165, 1.54) is 6.92 Å². The molecule has 2 aromatic heterocycles. The zero-order chi connectivity index (χ0) is 23.2. The van der Waals surface area contributed by atoms with Gasteiger partial charge in [0.05, 0.1) is 0 Å². The van der Waals surface area contributed by atoms with E-state index in [9.17, 15) is 14.4 Å². The summed E-state index contributed by atoms with van der Waals surface area (Å²) >= 11 is 0. The number of esters is 1. The van der Waals surface area contributed by atoms with Crippen molar-refractivity contribution in [2.24, 2.45) is 0 Å². The molecular weight excluding hydrogens is 426 g/mol. The highest BCUT2D eigenvalue weighted by Crippen LogP contribution is 2.20. The van der Waals surface area contributed by atoms with E-state index in [2.05, 4.69) is 25.8 Å². The number of nitrogens with one attached hydrogen (secondary N) is 3. The normalized spacial score (nSPS) is 11.7. The number of amides is 2. The monoisotopic (exact) mass is 447 g/mol. The van der Waals surface area contributed by atoms with Crippen LogP contribution < -0.4 is 10.6 Å². The van der Waals surface area contributed by atoms with Crippen molar-refractivity contribution >= 4 is 34.7 Å². The molecule has 0 bridgehead atoms. The Morgan fingerprint density at radius 2 is 1.82 bits per heavy atom. The van der Waals surface area contributed by atoms with Gasteiger partial charge < -0.3 is 19.5 Å². The second-order valence-electron chi connectivity index (χ2n) is 7.25. The molecule has 4 aromatic rings. The Kier molecular flexibility index (Phi) is 6.44. The van der Waals surface area contributed by atoms with Gasteiger partial charge in [-0.3, -0.25) is 14.9 Å². The standard InChI is InChI=1S/C23H21N5O5/c1-14(29)25-19(11-16-12-24-18-10-6-5-9-17(16)18)22(31)32-13-20(30)26-23-28-27-21(33-23)15-7-3-2-4-8-15/h2-10,12,19,24H,11,13H2,1H3,(H,25,29)(H,26,28,30)/t19-/m0/s1. The summed E-state index contributed by atoms with van der Waals surface area (Å²) in [7, 11) is 0. The first-order valence-electron chi connectivity index (χ1n) is 10.2. The fourth-order valence-electron chi connectivity index (χ4n) is 3.32. The maximum absolute atomic E-state index is 12.6. The summed E-state index contributed by atoms with van der Waals surface area (Å²) in [5.74, 6) is -1.53. The molecule has 0 fully saturated rings. The van der Waals surface area contributed by atoms with Crippen LogP contribution in [-0.4, -0.2) is 45.6 Å². The molecule has 0 unspecified atom stereocenters. The van der Waals surface area contributed by atoms with Crippen LogP contribution in [0.1, 0.15) is 12.5 Å². The first-order chi connectivity index (χ1) is 16.0. The molecule has 33 heavy (non-hydrogen) atoms. The van der Waals surface area contributed by atoms with Crippen molar-refractivity contribution in [3.63, 3.8) is 0 Å². The van der Waals surface area contributed by atoms with Gasteiger partial charge in [0, 0.05) is 36.0 Å². The first-order valence-corrected chi connectivity index (χ1v) is 10.2. The molecule has 10 heteroatoms. The largest absolute Gasteiger partial charge is 0.454 e. The van der Waals surface area contributed by atoms with Gasteiger partial charge in [-0.1, -0.05) is 41.5 Å². The summed E-state index contributed by atoms with van der Waals surface area (Å²) in [5, 5.41) is 13.5. The third-order valence-corrected chi connectivity index (χ3v) is 4.80. The van der Waals surface area contributed by atoms with Crippen LogP contribution in [0.5, 0.6) is 0 Å². The minimum Gasteiger partial charge on any atom is -0.454 e. The summed E-state index contributed by atoms with van der Waals surface area (Å²) in [6.07, 6.45) is 1.98. The maximum atomic E-state index is 12.6. The fourth-order valence-corrected chi connectivity index (χ4v) is 3.32. The molecule has 4 rings (SSSR count). The summed E-state index contributed by atoms with van der Waals surface area (Å²) in [5.41, 5.74) is 2.45. The second-order valence-corrected chi connectivity index (χ2v) is 7.25. The van der Waals surface area contributed by atoms with Crippen LogP contribution in [0.3, 0.4) is 0 Å².